The highest BCUT2D eigenvalue weighted by molar-refractivity contribution is 7.80. The lowest BCUT2D eigenvalue weighted by Gasteiger charge is -2.06. The summed E-state index contributed by atoms with van der Waals surface area (Å²) in [5.74, 6) is 0. The van der Waals surface area contributed by atoms with Crippen LogP contribution in [0.4, 0.5) is 0 Å². The van der Waals surface area contributed by atoms with Crippen LogP contribution in [0.1, 0.15) is 12.6 Å². The second-order valence-corrected chi connectivity index (χ2v) is 4.86. The second-order valence-electron chi connectivity index (χ2n) is 3.59. The molecule has 4 nitrogen and oxygen atoms in total. The zero-order valence-corrected chi connectivity index (χ0v) is 11.6. The highest BCUT2D eigenvalue weighted by Gasteiger charge is 2.04. The minimum Gasteiger partial charge on any atom is -0.363 e. The van der Waals surface area contributed by atoms with Crippen LogP contribution in [0.5, 0.6) is 0 Å². The van der Waals surface area contributed by atoms with Gasteiger partial charge in [0.2, 0.25) is 0 Å². The van der Waals surface area contributed by atoms with Crippen LogP contribution in [0.3, 0.4) is 0 Å². The van der Waals surface area contributed by atoms with E-state index in [9.17, 15) is 0 Å². The van der Waals surface area contributed by atoms with E-state index in [0.717, 1.165) is 22.8 Å². The van der Waals surface area contributed by atoms with E-state index in [2.05, 4.69) is 20.6 Å². The van der Waals surface area contributed by atoms with Crippen LogP contribution in [0.15, 0.2) is 29.9 Å². The fourth-order valence-corrected chi connectivity index (χ4v) is 2.45. The average molecular weight is 278 g/mol. The number of hydrogen-bond acceptors (Lipinski definition) is 4. The van der Waals surface area contributed by atoms with Crippen molar-refractivity contribution < 1.29 is 0 Å². The summed E-state index contributed by atoms with van der Waals surface area (Å²) in [6.45, 7) is 3.48. The third-order valence-electron chi connectivity index (χ3n) is 2.25. The molecule has 2 aromatic rings. The van der Waals surface area contributed by atoms with E-state index in [0.29, 0.717) is 11.7 Å². The molecule has 0 saturated carbocycles. The molecule has 0 fully saturated rings. The van der Waals surface area contributed by atoms with Crippen molar-refractivity contribution in [3.05, 3.63) is 35.6 Å². The Morgan fingerprint density at radius 2 is 2.11 bits per heavy atom. The molecule has 0 aliphatic heterocycles. The molecule has 2 aromatic heterocycles. The van der Waals surface area contributed by atoms with E-state index in [4.69, 9.17) is 12.2 Å². The van der Waals surface area contributed by atoms with Gasteiger partial charge in [0.05, 0.1) is 12.2 Å². The highest BCUT2D eigenvalue weighted by atomic mass is 32.1. The summed E-state index contributed by atoms with van der Waals surface area (Å²) in [6.07, 6.45) is 3.55. The molecule has 0 aromatic carbocycles. The Bertz CT molecular complexity index is 510. The maximum Gasteiger partial charge on any atom is 0.166 e. The van der Waals surface area contributed by atoms with Gasteiger partial charge in [0.1, 0.15) is 5.01 Å². The van der Waals surface area contributed by atoms with Gasteiger partial charge in [-0.05, 0) is 31.3 Å². The third kappa shape index (κ3) is 3.48. The summed E-state index contributed by atoms with van der Waals surface area (Å²) < 4.78 is 0. The largest absolute Gasteiger partial charge is 0.363 e. The summed E-state index contributed by atoms with van der Waals surface area (Å²) >= 11 is 6.72. The molecule has 2 N–H and O–H groups in total. The predicted octanol–water partition coefficient (Wildman–Crippen LogP) is 2.19. The number of pyridine rings is 1. The van der Waals surface area contributed by atoms with Gasteiger partial charge in [-0.1, -0.05) is 0 Å². The Morgan fingerprint density at radius 3 is 2.83 bits per heavy atom. The molecule has 0 spiro atoms. The normalized spacial score (nSPS) is 10.1. The average Bonchev–Trinajstić information content (AvgIpc) is 2.87. The Labute approximate surface area is 115 Å². The first-order valence-electron chi connectivity index (χ1n) is 5.66. The molecule has 94 valence electrons. The van der Waals surface area contributed by atoms with Gasteiger partial charge in [-0.2, -0.15) is 0 Å². The fraction of sp³-hybridized carbons (Fsp3) is 0.250. The second kappa shape index (κ2) is 6.42. The van der Waals surface area contributed by atoms with Crippen molar-refractivity contribution in [1.29, 1.82) is 0 Å². The fourth-order valence-electron chi connectivity index (χ4n) is 1.41. The van der Waals surface area contributed by atoms with E-state index in [1.54, 1.807) is 23.7 Å². The molecule has 0 saturated heterocycles. The smallest absolute Gasteiger partial charge is 0.166 e. The predicted molar refractivity (Wildman–Crippen MR) is 78.5 cm³/mol. The Hall–Kier alpha value is -1.53. The van der Waals surface area contributed by atoms with Crippen LogP contribution >= 0.6 is 23.6 Å². The van der Waals surface area contributed by atoms with Crippen molar-refractivity contribution in [1.82, 2.24) is 20.6 Å². The molecule has 18 heavy (non-hydrogen) atoms. The molecule has 6 heteroatoms. The SMILES string of the molecule is CCNC(=S)NCc1csc(-c2ccncc2)n1. The van der Waals surface area contributed by atoms with Gasteiger partial charge in [-0.15, -0.1) is 11.3 Å². The molecule has 2 heterocycles. The lowest BCUT2D eigenvalue weighted by atomic mass is 10.3. The van der Waals surface area contributed by atoms with Crippen LogP contribution in [-0.4, -0.2) is 21.6 Å². The third-order valence-corrected chi connectivity index (χ3v) is 3.48. The van der Waals surface area contributed by atoms with E-state index in [-0.39, 0.29) is 0 Å². The monoisotopic (exact) mass is 278 g/mol. The van der Waals surface area contributed by atoms with Crippen molar-refractivity contribution in [2.75, 3.05) is 6.54 Å². The molecule has 0 atom stereocenters. The molecule has 0 amide bonds. The maximum atomic E-state index is 5.10. The first-order chi connectivity index (χ1) is 8.79. The highest BCUT2D eigenvalue weighted by Crippen LogP contribution is 2.22. The minimum atomic E-state index is 0.646. The van der Waals surface area contributed by atoms with E-state index < -0.39 is 0 Å². The number of thiocarbonyl (C=S) groups is 1. The minimum absolute atomic E-state index is 0.646. The van der Waals surface area contributed by atoms with Crippen molar-refractivity contribution in [2.24, 2.45) is 0 Å². The summed E-state index contributed by atoms with van der Waals surface area (Å²) in [4.78, 5) is 8.55. The first kappa shape index (κ1) is 12.9. The van der Waals surface area contributed by atoms with Crippen molar-refractivity contribution in [3.63, 3.8) is 0 Å². The maximum absolute atomic E-state index is 5.10. The van der Waals surface area contributed by atoms with E-state index in [1.807, 2.05) is 24.4 Å². The molecule has 0 aliphatic rings. The number of nitrogens with zero attached hydrogens (tertiary/aromatic N) is 2. The first-order valence-corrected chi connectivity index (χ1v) is 6.95. The zero-order valence-electron chi connectivity index (χ0n) is 10.0. The van der Waals surface area contributed by atoms with Gasteiger partial charge in [0.15, 0.2) is 5.11 Å². The summed E-state index contributed by atoms with van der Waals surface area (Å²) in [5, 5.41) is 9.86. The summed E-state index contributed by atoms with van der Waals surface area (Å²) in [7, 11) is 0. The number of nitrogens with one attached hydrogen (secondary N) is 2. The molecular formula is C12H14N4S2. The molecule has 2 rings (SSSR count). The molecule has 0 bridgehead atoms. The quantitative estimate of drug-likeness (QED) is 0.840. The summed E-state index contributed by atoms with van der Waals surface area (Å²) in [6, 6.07) is 3.92. The Balaban J connectivity index is 1.97. The van der Waals surface area contributed by atoms with Gasteiger partial charge in [-0.3, -0.25) is 4.98 Å². The van der Waals surface area contributed by atoms with Gasteiger partial charge in [0, 0.05) is 29.9 Å². The topological polar surface area (TPSA) is 49.8 Å². The van der Waals surface area contributed by atoms with Crippen molar-refractivity contribution >= 4 is 28.7 Å². The van der Waals surface area contributed by atoms with Crippen LogP contribution in [0.2, 0.25) is 0 Å². The number of rotatable bonds is 4. The Kier molecular flexibility index (Phi) is 4.60. The zero-order chi connectivity index (χ0) is 12.8. The van der Waals surface area contributed by atoms with Crippen LogP contribution < -0.4 is 10.6 Å². The molecular weight excluding hydrogens is 264 g/mol. The van der Waals surface area contributed by atoms with Gasteiger partial charge in [0.25, 0.3) is 0 Å². The number of hydrogen-bond donors (Lipinski definition) is 2. The standard InChI is InChI=1S/C12H14N4S2/c1-2-14-12(17)15-7-10-8-18-11(16-10)9-3-5-13-6-4-9/h3-6,8H,2,7H2,1H3,(H2,14,15,17). The molecule has 0 unspecified atom stereocenters. The molecule has 0 radical (unpaired) electrons. The van der Waals surface area contributed by atoms with Crippen LogP contribution in [0.25, 0.3) is 10.6 Å². The van der Waals surface area contributed by atoms with Crippen LogP contribution in [-0.2, 0) is 6.54 Å². The van der Waals surface area contributed by atoms with Crippen LogP contribution in [0, 0.1) is 0 Å². The van der Waals surface area contributed by atoms with Crippen molar-refractivity contribution in [2.45, 2.75) is 13.5 Å². The van der Waals surface area contributed by atoms with E-state index in [1.165, 1.54) is 0 Å². The number of aromatic nitrogens is 2. The lowest BCUT2D eigenvalue weighted by molar-refractivity contribution is 0.838. The molecule has 0 aliphatic carbocycles. The lowest BCUT2D eigenvalue weighted by Crippen LogP contribution is -2.34. The van der Waals surface area contributed by atoms with Gasteiger partial charge < -0.3 is 10.6 Å². The Morgan fingerprint density at radius 1 is 1.33 bits per heavy atom. The summed E-state index contributed by atoms with van der Waals surface area (Å²) in [5.41, 5.74) is 2.09. The number of thiazole rings is 1. The van der Waals surface area contributed by atoms with Gasteiger partial charge >= 0.3 is 0 Å². The van der Waals surface area contributed by atoms with Gasteiger partial charge in [-0.25, -0.2) is 4.98 Å². The van der Waals surface area contributed by atoms with E-state index >= 15 is 0 Å². The van der Waals surface area contributed by atoms with Crippen molar-refractivity contribution in [3.8, 4) is 10.6 Å².